The van der Waals surface area contributed by atoms with E-state index in [1.54, 1.807) is 18.4 Å². The molecule has 0 aliphatic rings. The Kier molecular flexibility index (Phi) is 5.16. The number of rotatable bonds is 6. The van der Waals surface area contributed by atoms with Gasteiger partial charge in [-0.1, -0.05) is 15.9 Å². The molecule has 1 aromatic heterocycles. The van der Waals surface area contributed by atoms with E-state index in [1.807, 2.05) is 17.6 Å². The first kappa shape index (κ1) is 13.5. The molecule has 1 N–H and O–H groups in total. The first-order chi connectivity index (χ1) is 8.79. The van der Waals surface area contributed by atoms with Crippen LogP contribution in [0, 0.1) is 0 Å². The second-order valence-corrected chi connectivity index (χ2v) is 5.50. The maximum Gasteiger partial charge on any atom is 0.123 e. The molecule has 18 heavy (non-hydrogen) atoms. The summed E-state index contributed by atoms with van der Waals surface area (Å²) < 4.78 is 6.40. The molecule has 1 aromatic carbocycles. The number of methoxy groups -OCH3 is 1. The number of hydrogen-bond donors (Lipinski definition) is 1. The smallest absolute Gasteiger partial charge is 0.123 e. The van der Waals surface area contributed by atoms with Crippen LogP contribution in [0.15, 0.2) is 33.6 Å². The van der Waals surface area contributed by atoms with Gasteiger partial charge in [-0.2, -0.15) is 0 Å². The van der Waals surface area contributed by atoms with E-state index in [0.717, 1.165) is 41.0 Å². The minimum Gasteiger partial charge on any atom is -0.496 e. The highest BCUT2D eigenvalue weighted by molar-refractivity contribution is 9.10. The largest absolute Gasteiger partial charge is 0.496 e. The van der Waals surface area contributed by atoms with E-state index in [1.165, 1.54) is 0 Å². The molecule has 0 aliphatic heterocycles. The van der Waals surface area contributed by atoms with Crippen LogP contribution in [0.25, 0.3) is 0 Å². The van der Waals surface area contributed by atoms with Crippen molar-refractivity contribution in [2.45, 2.75) is 13.0 Å². The highest BCUT2D eigenvalue weighted by atomic mass is 79.9. The van der Waals surface area contributed by atoms with E-state index < -0.39 is 0 Å². The van der Waals surface area contributed by atoms with Crippen LogP contribution in [0.5, 0.6) is 5.75 Å². The van der Waals surface area contributed by atoms with Crippen LogP contribution < -0.4 is 10.1 Å². The molecule has 0 aliphatic carbocycles. The minimum absolute atomic E-state index is 0.798. The van der Waals surface area contributed by atoms with Crippen LogP contribution in [-0.2, 0) is 13.0 Å². The minimum atomic E-state index is 0.798. The Balaban J connectivity index is 1.84. The van der Waals surface area contributed by atoms with Crippen molar-refractivity contribution >= 4 is 27.3 Å². The third-order valence-electron chi connectivity index (χ3n) is 2.60. The molecule has 2 aromatic rings. The van der Waals surface area contributed by atoms with Crippen molar-refractivity contribution in [3.8, 4) is 5.75 Å². The highest BCUT2D eigenvalue weighted by Gasteiger charge is 2.03. The van der Waals surface area contributed by atoms with Gasteiger partial charge in [0.1, 0.15) is 5.75 Å². The van der Waals surface area contributed by atoms with E-state index in [0.29, 0.717) is 0 Å². The van der Waals surface area contributed by atoms with Gasteiger partial charge in [0.05, 0.1) is 18.3 Å². The Labute approximate surface area is 119 Å². The Morgan fingerprint density at radius 2 is 2.33 bits per heavy atom. The molecule has 1 heterocycles. The Hall–Kier alpha value is -0.910. The number of thiazole rings is 1. The van der Waals surface area contributed by atoms with Crippen LogP contribution in [0.1, 0.15) is 11.3 Å². The van der Waals surface area contributed by atoms with Gasteiger partial charge in [0, 0.05) is 34.9 Å². The van der Waals surface area contributed by atoms with E-state index in [2.05, 4.69) is 37.7 Å². The zero-order chi connectivity index (χ0) is 12.8. The zero-order valence-corrected chi connectivity index (χ0v) is 12.6. The van der Waals surface area contributed by atoms with Crippen LogP contribution >= 0.6 is 27.3 Å². The highest BCUT2D eigenvalue weighted by Crippen LogP contribution is 2.22. The normalized spacial score (nSPS) is 10.6. The second-order valence-electron chi connectivity index (χ2n) is 3.86. The number of benzene rings is 1. The van der Waals surface area contributed by atoms with Gasteiger partial charge >= 0.3 is 0 Å². The Morgan fingerprint density at radius 1 is 1.44 bits per heavy atom. The van der Waals surface area contributed by atoms with Crippen molar-refractivity contribution in [3.05, 3.63) is 44.8 Å². The molecule has 0 fully saturated rings. The summed E-state index contributed by atoms with van der Waals surface area (Å²) in [5, 5.41) is 5.49. The van der Waals surface area contributed by atoms with Gasteiger partial charge in [0.25, 0.3) is 0 Å². The lowest BCUT2D eigenvalue weighted by molar-refractivity contribution is 0.407. The van der Waals surface area contributed by atoms with Crippen molar-refractivity contribution in [1.82, 2.24) is 10.3 Å². The summed E-state index contributed by atoms with van der Waals surface area (Å²) in [6, 6.07) is 6.04. The average molecular weight is 327 g/mol. The molecule has 5 heteroatoms. The fourth-order valence-electron chi connectivity index (χ4n) is 1.69. The zero-order valence-electron chi connectivity index (χ0n) is 10.1. The number of hydrogen-bond acceptors (Lipinski definition) is 4. The quantitative estimate of drug-likeness (QED) is 0.827. The van der Waals surface area contributed by atoms with Gasteiger partial charge < -0.3 is 10.1 Å². The maximum atomic E-state index is 5.33. The van der Waals surface area contributed by atoms with Crippen LogP contribution in [0.3, 0.4) is 0 Å². The molecule has 0 amide bonds. The predicted molar refractivity (Wildman–Crippen MR) is 78.2 cm³/mol. The SMILES string of the molecule is COc1ccc(Br)cc1CNCCc1cscn1. The van der Waals surface area contributed by atoms with Crippen LogP contribution in [-0.4, -0.2) is 18.6 Å². The van der Waals surface area contributed by atoms with Crippen molar-refractivity contribution < 1.29 is 4.74 Å². The molecule has 0 bridgehead atoms. The molecular weight excluding hydrogens is 312 g/mol. The van der Waals surface area contributed by atoms with Gasteiger partial charge in [-0.25, -0.2) is 4.98 Å². The molecule has 2 rings (SSSR count). The molecule has 3 nitrogen and oxygen atoms in total. The number of ether oxygens (including phenoxy) is 1. The molecule has 0 spiro atoms. The monoisotopic (exact) mass is 326 g/mol. The summed E-state index contributed by atoms with van der Waals surface area (Å²) in [4.78, 5) is 4.25. The van der Waals surface area contributed by atoms with Gasteiger partial charge in [-0.05, 0) is 18.2 Å². The number of aromatic nitrogens is 1. The van der Waals surface area contributed by atoms with E-state index in [9.17, 15) is 0 Å². The fourth-order valence-corrected chi connectivity index (χ4v) is 2.69. The topological polar surface area (TPSA) is 34.1 Å². The van der Waals surface area contributed by atoms with Crippen molar-refractivity contribution in [3.63, 3.8) is 0 Å². The number of nitrogens with one attached hydrogen (secondary N) is 1. The molecule has 0 saturated carbocycles. The third kappa shape index (κ3) is 3.80. The maximum absolute atomic E-state index is 5.33. The lowest BCUT2D eigenvalue weighted by Gasteiger charge is -2.09. The molecular formula is C13H15BrN2OS. The summed E-state index contributed by atoms with van der Waals surface area (Å²) in [5.41, 5.74) is 4.17. The van der Waals surface area contributed by atoms with Crippen molar-refractivity contribution in [1.29, 1.82) is 0 Å². The second kappa shape index (κ2) is 6.87. The van der Waals surface area contributed by atoms with Crippen LogP contribution in [0.2, 0.25) is 0 Å². The predicted octanol–water partition coefficient (Wildman–Crippen LogP) is 3.25. The lowest BCUT2D eigenvalue weighted by Crippen LogP contribution is -2.17. The van der Waals surface area contributed by atoms with E-state index >= 15 is 0 Å². The first-order valence-corrected chi connectivity index (χ1v) is 7.43. The fraction of sp³-hybridized carbons (Fsp3) is 0.308. The van der Waals surface area contributed by atoms with Gasteiger partial charge in [-0.3, -0.25) is 0 Å². The van der Waals surface area contributed by atoms with Crippen LogP contribution in [0.4, 0.5) is 0 Å². The van der Waals surface area contributed by atoms with Crippen molar-refractivity contribution in [2.24, 2.45) is 0 Å². The van der Waals surface area contributed by atoms with Gasteiger partial charge in [-0.15, -0.1) is 11.3 Å². The summed E-state index contributed by atoms with van der Waals surface area (Å²) in [6.07, 6.45) is 0.958. The summed E-state index contributed by atoms with van der Waals surface area (Å²) in [5.74, 6) is 0.916. The lowest BCUT2D eigenvalue weighted by atomic mass is 10.2. The van der Waals surface area contributed by atoms with Crippen molar-refractivity contribution in [2.75, 3.05) is 13.7 Å². The summed E-state index contributed by atoms with van der Waals surface area (Å²) >= 11 is 5.11. The number of halogens is 1. The van der Waals surface area contributed by atoms with E-state index in [-0.39, 0.29) is 0 Å². The first-order valence-electron chi connectivity index (χ1n) is 5.70. The summed E-state index contributed by atoms with van der Waals surface area (Å²) in [6.45, 7) is 1.71. The number of nitrogens with zero attached hydrogens (tertiary/aromatic N) is 1. The third-order valence-corrected chi connectivity index (χ3v) is 3.73. The Morgan fingerprint density at radius 3 is 3.06 bits per heavy atom. The Bertz CT molecular complexity index is 488. The molecule has 0 atom stereocenters. The van der Waals surface area contributed by atoms with Gasteiger partial charge in [0.15, 0.2) is 0 Å². The van der Waals surface area contributed by atoms with E-state index in [4.69, 9.17) is 4.74 Å². The molecule has 0 radical (unpaired) electrons. The molecule has 0 unspecified atom stereocenters. The average Bonchev–Trinajstić information content (AvgIpc) is 2.88. The van der Waals surface area contributed by atoms with Gasteiger partial charge in [0.2, 0.25) is 0 Å². The molecule has 0 saturated heterocycles. The summed E-state index contributed by atoms with van der Waals surface area (Å²) in [7, 11) is 1.70. The standard InChI is InChI=1S/C13H15BrN2OS/c1-17-13-3-2-11(14)6-10(13)7-15-5-4-12-8-18-9-16-12/h2-3,6,8-9,15H,4-5,7H2,1H3. The molecule has 96 valence electrons.